The van der Waals surface area contributed by atoms with Crippen molar-refractivity contribution >= 4 is 101 Å². The molecule has 0 bridgehead atoms. The molecule has 492 valence electrons. The van der Waals surface area contributed by atoms with Crippen LogP contribution in [0.5, 0.6) is 0 Å². The molecular formula is C96H84BN3O. The number of hydrogen-bond donors (Lipinski definition) is 0. The summed E-state index contributed by atoms with van der Waals surface area (Å²) in [6, 6.07) is 105. The Morgan fingerprint density at radius 3 is 1.36 bits per heavy atom. The summed E-state index contributed by atoms with van der Waals surface area (Å²) in [6.45, 7) is 27.8. The summed E-state index contributed by atoms with van der Waals surface area (Å²) >= 11 is 0. The van der Waals surface area contributed by atoms with Gasteiger partial charge in [0.2, 0.25) is 0 Å². The monoisotopic (exact) mass is 1310 g/mol. The number of anilines is 6. The number of nitrogens with zero attached hydrogens (tertiary/aromatic N) is 3. The lowest BCUT2D eigenvalue weighted by atomic mass is 9.33. The van der Waals surface area contributed by atoms with E-state index in [0.29, 0.717) is 0 Å². The highest BCUT2D eigenvalue weighted by molar-refractivity contribution is 7.00. The zero-order valence-electron chi connectivity index (χ0n) is 60.1. The minimum Gasteiger partial charge on any atom is -0.456 e. The lowest BCUT2D eigenvalue weighted by Crippen LogP contribution is -2.61. The molecule has 0 radical (unpaired) electrons. The highest BCUT2D eigenvalue weighted by Crippen LogP contribution is 2.54. The largest absolute Gasteiger partial charge is 0.456 e. The average molecular weight is 1310 g/mol. The van der Waals surface area contributed by atoms with E-state index < -0.39 is 0 Å². The van der Waals surface area contributed by atoms with Crippen molar-refractivity contribution in [3.8, 4) is 39.1 Å². The molecule has 2 aromatic heterocycles. The summed E-state index contributed by atoms with van der Waals surface area (Å²) in [7, 11) is 0. The molecule has 1 aliphatic carbocycles. The first kappa shape index (κ1) is 62.4. The van der Waals surface area contributed by atoms with Gasteiger partial charge in [-0.1, -0.05) is 277 Å². The summed E-state index contributed by atoms with van der Waals surface area (Å²) < 4.78 is 9.21. The van der Waals surface area contributed by atoms with E-state index >= 15 is 0 Å². The Bertz CT molecular complexity index is 5770. The number of para-hydroxylation sites is 3. The van der Waals surface area contributed by atoms with Crippen molar-refractivity contribution in [3.63, 3.8) is 0 Å². The van der Waals surface area contributed by atoms with Crippen molar-refractivity contribution in [3.05, 3.63) is 323 Å². The first-order valence-electron chi connectivity index (χ1n) is 36.2. The highest BCUT2D eigenvalue weighted by atomic mass is 16.3. The van der Waals surface area contributed by atoms with Crippen molar-refractivity contribution in [1.29, 1.82) is 0 Å². The van der Waals surface area contributed by atoms with Crippen LogP contribution in [0.15, 0.2) is 277 Å². The van der Waals surface area contributed by atoms with E-state index in [1.165, 1.54) is 116 Å². The van der Waals surface area contributed by atoms with Gasteiger partial charge in [-0.15, -0.1) is 0 Å². The van der Waals surface area contributed by atoms with Crippen LogP contribution in [-0.4, -0.2) is 11.3 Å². The van der Waals surface area contributed by atoms with Crippen molar-refractivity contribution in [2.45, 2.75) is 117 Å². The van der Waals surface area contributed by atoms with Crippen LogP contribution in [0, 0.1) is 0 Å². The molecule has 0 atom stereocenters. The van der Waals surface area contributed by atoms with Crippen molar-refractivity contribution in [2.75, 3.05) is 9.80 Å². The van der Waals surface area contributed by atoms with Gasteiger partial charge in [0.1, 0.15) is 11.2 Å². The van der Waals surface area contributed by atoms with Crippen molar-refractivity contribution < 1.29 is 4.42 Å². The van der Waals surface area contributed by atoms with Crippen LogP contribution < -0.4 is 26.2 Å². The van der Waals surface area contributed by atoms with Crippen molar-refractivity contribution in [1.82, 2.24) is 4.57 Å². The predicted octanol–water partition coefficient (Wildman–Crippen LogP) is 24.0. The number of hydrogen-bond acceptors (Lipinski definition) is 3. The second kappa shape index (κ2) is 22.8. The Labute approximate surface area is 595 Å². The molecule has 4 heterocycles. The van der Waals surface area contributed by atoms with Crippen LogP contribution in [0.4, 0.5) is 34.1 Å². The van der Waals surface area contributed by atoms with Gasteiger partial charge >= 0.3 is 0 Å². The van der Waals surface area contributed by atoms with Gasteiger partial charge in [-0.2, -0.15) is 0 Å². The minimum absolute atomic E-state index is 0.0225. The second-order valence-corrected chi connectivity index (χ2v) is 32.9. The van der Waals surface area contributed by atoms with Crippen LogP contribution in [0.1, 0.15) is 139 Å². The van der Waals surface area contributed by atoms with E-state index in [1.54, 1.807) is 0 Å². The molecule has 0 saturated carbocycles. The zero-order chi connectivity index (χ0) is 69.2. The zero-order valence-corrected chi connectivity index (χ0v) is 60.1. The molecule has 18 rings (SSSR count). The lowest BCUT2D eigenvalue weighted by molar-refractivity contribution is 0.589. The molecule has 2 aliphatic heterocycles. The van der Waals surface area contributed by atoms with Crippen LogP contribution in [-0.2, 0) is 28.1 Å². The molecule has 0 spiro atoms. The predicted molar refractivity (Wildman–Crippen MR) is 430 cm³/mol. The molecule has 13 aromatic carbocycles. The van der Waals surface area contributed by atoms with E-state index in [0.717, 1.165) is 73.6 Å². The number of rotatable bonds is 7. The maximum absolute atomic E-state index is 6.70. The van der Waals surface area contributed by atoms with Crippen LogP contribution in [0.2, 0.25) is 0 Å². The molecule has 0 fully saturated rings. The first-order valence-corrected chi connectivity index (χ1v) is 36.2. The van der Waals surface area contributed by atoms with Gasteiger partial charge in [-0.25, -0.2) is 0 Å². The summed E-state index contributed by atoms with van der Waals surface area (Å²) in [4.78, 5) is 5.40. The SMILES string of the molecule is CC(C)(C)c1ccc(-c2cc(C(C)(C)C)ccc2N2c3ccc(-c4cccc5oc6ccccc6c45)cc3B3c4ccc(-n5c6ccccc6c6ccccc65)cc4N(c4ccc(C(C)(C)C)cc4-c4ccc(C(C)(C)C)cc4)c4cc(C5c6ccccc6Cc6ccccc65)cc2c43)cc1. The van der Waals surface area contributed by atoms with E-state index in [4.69, 9.17) is 4.42 Å². The second-order valence-electron chi connectivity index (χ2n) is 32.9. The molecule has 0 N–H and O–H groups in total. The number of benzene rings is 13. The Morgan fingerprint density at radius 2 is 0.802 bits per heavy atom. The van der Waals surface area contributed by atoms with Gasteiger partial charge < -0.3 is 18.8 Å². The molecule has 0 unspecified atom stereocenters. The fourth-order valence-corrected chi connectivity index (χ4v) is 17.1. The van der Waals surface area contributed by atoms with Crippen molar-refractivity contribution in [2.24, 2.45) is 0 Å². The molecule has 101 heavy (non-hydrogen) atoms. The van der Waals surface area contributed by atoms with E-state index in [9.17, 15) is 0 Å². The Balaban J connectivity index is 1.01. The Morgan fingerprint density at radius 1 is 0.337 bits per heavy atom. The molecule has 15 aromatic rings. The van der Waals surface area contributed by atoms with Crippen LogP contribution in [0.25, 0.3) is 82.8 Å². The van der Waals surface area contributed by atoms with Gasteiger partial charge in [0.05, 0.1) is 22.4 Å². The molecule has 0 saturated heterocycles. The Kier molecular flexibility index (Phi) is 14.1. The third-order valence-electron chi connectivity index (χ3n) is 22.4. The lowest BCUT2D eigenvalue weighted by Gasteiger charge is -2.46. The van der Waals surface area contributed by atoms with Gasteiger partial charge in [0.15, 0.2) is 0 Å². The summed E-state index contributed by atoms with van der Waals surface area (Å²) in [6.07, 6.45) is 0.882. The first-order chi connectivity index (χ1) is 48.6. The maximum atomic E-state index is 6.70. The molecule has 4 nitrogen and oxygen atoms in total. The number of aromatic nitrogens is 1. The fraction of sp³-hybridized carbons (Fsp3) is 0.188. The standard InChI is InChI=1S/C96H84BN3O/c1-93(2,3)65-41-36-59(37-42-65)76-56-67(95(7,8)9)45-50-82(76)99-84-49-40-63(72-31-23-35-89-91(72)75-30-19-22-34-88(75)101-89)53-79(84)97-78-48-47-69(98-80-32-20-17-28-73(80)74-29-18-21-33-81(74)98)58-85(78)100(83-51-46-68(96(10,11)12)57-77(83)60-38-43-66(44-39-60)94(4,5)6)87-55-64(54-86(99)92(87)97)90-70-26-15-13-24-61(70)52-62-25-14-16-27-71(62)90/h13-51,53-58,90H,52H2,1-12H3. The number of furan rings is 1. The van der Waals surface area contributed by atoms with Gasteiger partial charge in [-0.05, 0) is 196 Å². The van der Waals surface area contributed by atoms with Gasteiger partial charge in [-0.3, -0.25) is 0 Å². The van der Waals surface area contributed by atoms with Crippen LogP contribution in [0.3, 0.4) is 0 Å². The van der Waals surface area contributed by atoms with E-state index in [1.807, 2.05) is 0 Å². The molecule has 0 amide bonds. The summed E-state index contributed by atoms with van der Waals surface area (Å²) in [5.74, 6) is -0.0837. The normalized spacial score (nSPS) is 13.8. The Hall–Kier alpha value is -10.9. The minimum atomic E-state index is -0.239. The molecule has 3 aliphatic rings. The fourth-order valence-electron chi connectivity index (χ4n) is 17.1. The van der Waals surface area contributed by atoms with E-state index in [-0.39, 0.29) is 34.3 Å². The third-order valence-corrected chi connectivity index (χ3v) is 22.4. The summed E-state index contributed by atoms with van der Waals surface area (Å²) in [5.41, 5.74) is 34.4. The third kappa shape index (κ3) is 10.2. The quantitative estimate of drug-likeness (QED) is 0.149. The van der Waals surface area contributed by atoms with E-state index in [2.05, 4.69) is 370 Å². The van der Waals surface area contributed by atoms with Gasteiger partial charge in [0.25, 0.3) is 6.71 Å². The van der Waals surface area contributed by atoms with Crippen LogP contribution >= 0.6 is 0 Å². The smallest absolute Gasteiger partial charge is 0.252 e. The number of fused-ring (bicyclic) bond motifs is 12. The van der Waals surface area contributed by atoms with Gasteiger partial charge in [0, 0.05) is 67.0 Å². The highest BCUT2D eigenvalue weighted by Gasteiger charge is 2.46. The molecule has 5 heteroatoms. The molecular weight excluding hydrogens is 1220 g/mol. The topological polar surface area (TPSA) is 24.6 Å². The average Bonchev–Trinajstić information content (AvgIpc) is 0.876. The summed E-state index contributed by atoms with van der Waals surface area (Å²) in [5, 5.41) is 4.71. The maximum Gasteiger partial charge on any atom is 0.252 e.